The smallest absolute Gasteiger partial charge is 0.340 e. The van der Waals surface area contributed by atoms with E-state index < -0.39 is 39.4 Å². The lowest BCUT2D eigenvalue weighted by Gasteiger charge is -2.21. The number of halogens is 1. The van der Waals surface area contributed by atoms with Gasteiger partial charge in [-0.3, -0.25) is 14.9 Å². The monoisotopic (exact) mass is 564 g/mol. The van der Waals surface area contributed by atoms with E-state index in [9.17, 15) is 33.4 Å². The molecule has 2 aliphatic rings. The van der Waals surface area contributed by atoms with Gasteiger partial charge in [0, 0.05) is 41.3 Å². The molecule has 204 valence electrons. The lowest BCUT2D eigenvalue weighted by Crippen LogP contribution is -2.32. The predicted molar refractivity (Wildman–Crippen MR) is 142 cm³/mol. The topological polar surface area (TPSA) is 154 Å². The molecule has 40 heavy (non-hydrogen) atoms. The molecule has 0 bridgehead atoms. The van der Waals surface area contributed by atoms with Gasteiger partial charge in [-0.1, -0.05) is 12.1 Å². The van der Waals surface area contributed by atoms with Crippen molar-refractivity contribution >= 4 is 33.5 Å². The summed E-state index contributed by atoms with van der Waals surface area (Å²) in [6, 6.07) is 10.3. The number of fused-ring (bicyclic) bond motifs is 5. The molecule has 0 fully saturated rings. The van der Waals surface area contributed by atoms with Crippen LogP contribution in [0.4, 0.5) is 10.1 Å². The summed E-state index contributed by atoms with van der Waals surface area (Å²) in [6.45, 7) is 1.60. The number of rotatable bonds is 6. The van der Waals surface area contributed by atoms with Crippen LogP contribution in [0.1, 0.15) is 39.5 Å². The van der Waals surface area contributed by atoms with Crippen LogP contribution < -0.4 is 10.3 Å². The third kappa shape index (κ3) is 4.28. The number of esters is 1. The molecule has 2 atom stereocenters. The maximum absolute atomic E-state index is 14.6. The van der Waals surface area contributed by atoms with Crippen molar-refractivity contribution in [2.45, 2.75) is 38.5 Å². The lowest BCUT2D eigenvalue weighted by molar-refractivity contribution is -0.384. The first-order valence-corrected chi connectivity index (χ1v) is 13.5. The number of ether oxygens (including phenoxy) is 1. The number of cyclic esters (lactones) is 1. The number of aliphatic hydroxyl groups excluding tert-OH is 1. The Bertz CT molecular complexity index is 1840. The average molecular weight is 565 g/mol. The molecule has 6 rings (SSSR count). The maximum atomic E-state index is 14.6. The molecule has 2 N–H and O–H groups in total. The van der Waals surface area contributed by atoms with Crippen LogP contribution in [-0.4, -0.2) is 29.8 Å². The van der Waals surface area contributed by atoms with Gasteiger partial charge in [-0.15, -0.1) is 0 Å². The van der Waals surface area contributed by atoms with E-state index in [-0.39, 0.29) is 42.3 Å². The Kier molecular flexibility index (Phi) is 6.28. The molecule has 0 aliphatic carbocycles. The minimum absolute atomic E-state index is 0.0659. The van der Waals surface area contributed by atoms with Crippen LogP contribution in [0.2, 0.25) is 0 Å². The van der Waals surface area contributed by atoms with Gasteiger partial charge >= 0.3 is 5.97 Å². The number of nitro benzene ring substituents is 1. The number of carbonyl (C=O) groups excluding carboxylic acids is 1. The number of benzene rings is 2. The largest absolute Gasteiger partial charge is 0.458 e. The van der Waals surface area contributed by atoms with Crippen LogP contribution in [0.5, 0.6) is 0 Å². The number of non-ortho nitro benzene ring substituents is 1. The van der Waals surface area contributed by atoms with Crippen molar-refractivity contribution in [3.8, 4) is 11.4 Å². The lowest BCUT2D eigenvalue weighted by atomic mass is 9.98. The van der Waals surface area contributed by atoms with Gasteiger partial charge in [0.2, 0.25) is 0 Å². The first-order valence-electron chi connectivity index (χ1n) is 12.2. The highest BCUT2D eigenvalue weighted by Crippen LogP contribution is 2.38. The van der Waals surface area contributed by atoms with E-state index >= 15 is 0 Å². The second-order valence-electron chi connectivity index (χ2n) is 9.64. The number of nitro groups is 1. The van der Waals surface area contributed by atoms with E-state index in [1.165, 1.54) is 34.9 Å². The minimum Gasteiger partial charge on any atom is -0.458 e. The van der Waals surface area contributed by atoms with E-state index in [0.29, 0.717) is 44.5 Å². The third-order valence-electron chi connectivity index (χ3n) is 7.21. The highest BCUT2D eigenvalue weighted by molar-refractivity contribution is 7.82. The van der Waals surface area contributed by atoms with Crippen molar-refractivity contribution in [1.29, 1.82) is 0 Å². The highest BCUT2D eigenvalue weighted by Gasteiger charge is 2.34. The maximum Gasteiger partial charge on any atom is 0.340 e. The summed E-state index contributed by atoms with van der Waals surface area (Å²) in [5.41, 5.74) is 3.33. The molecule has 13 heteroatoms. The van der Waals surface area contributed by atoms with Crippen molar-refractivity contribution in [1.82, 2.24) is 14.3 Å². The Labute approximate surface area is 228 Å². The number of aliphatic hydroxyl groups is 1. The van der Waals surface area contributed by atoms with Crippen LogP contribution in [0, 0.1) is 22.9 Å². The van der Waals surface area contributed by atoms with E-state index in [1.54, 1.807) is 19.1 Å². The summed E-state index contributed by atoms with van der Waals surface area (Å²) >= 11 is 0. The normalized spacial score (nSPS) is 16.3. The first-order chi connectivity index (χ1) is 19.1. The molecular weight excluding hydrogens is 543 g/mol. The number of aryl methyl sites for hydroxylation is 1. The van der Waals surface area contributed by atoms with Crippen LogP contribution in [0.3, 0.4) is 0 Å². The molecule has 11 nitrogen and oxygen atoms in total. The van der Waals surface area contributed by atoms with Gasteiger partial charge in [-0.05, 0) is 35.7 Å². The third-order valence-corrected chi connectivity index (χ3v) is 8.27. The molecule has 0 saturated carbocycles. The highest BCUT2D eigenvalue weighted by atomic mass is 32.2. The standard InChI is InChI=1S/C27H21FN4O7S/c1-13-6-16-18(9-29-40(38)12-14-2-4-15(5-3-14)32(36)37)19-10-31-23(24(19)30-22(16)8-21(13)28)7-17-20(26(31)34)11-39-27(35)25(17)33/h2-8,25,29,33H,9-12H2,1H3. The molecule has 0 spiro atoms. The Morgan fingerprint density at radius 2 is 1.98 bits per heavy atom. The van der Waals surface area contributed by atoms with Crippen molar-refractivity contribution in [3.05, 3.63) is 102 Å². The summed E-state index contributed by atoms with van der Waals surface area (Å²) in [6.07, 6.45) is -1.60. The van der Waals surface area contributed by atoms with Crippen molar-refractivity contribution < 1.29 is 28.2 Å². The Morgan fingerprint density at radius 3 is 2.70 bits per heavy atom. The van der Waals surface area contributed by atoms with Gasteiger partial charge in [-0.25, -0.2) is 23.1 Å². The summed E-state index contributed by atoms with van der Waals surface area (Å²) < 4.78 is 36.9. The van der Waals surface area contributed by atoms with Crippen LogP contribution >= 0.6 is 0 Å². The summed E-state index contributed by atoms with van der Waals surface area (Å²) in [5, 5.41) is 21.9. The molecule has 4 heterocycles. The fourth-order valence-electron chi connectivity index (χ4n) is 5.11. The van der Waals surface area contributed by atoms with Crippen LogP contribution in [0.15, 0.2) is 47.3 Å². The zero-order chi connectivity index (χ0) is 28.3. The quantitative estimate of drug-likeness (QED) is 0.181. The molecule has 2 aromatic carbocycles. The second kappa shape index (κ2) is 9.70. The average Bonchev–Trinajstić information content (AvgIpc) is 3.29. The van der Waals surface area contributed by atoms with E-state index in [0.717, 1.165) is 0 Å². The number of nitrogens with one attached hydrogen (secondary N) is 1. The number of aromatic nitrogens is 2. The number of hydrogen-bond acceptors (Lipinski definition) is 8. The van der Waals surface area contributed by atoms with E-state index in [1.807, 2.05) is 0 Å². The fraction of sp³-hybridized carbons (Fsp3) is 0.222. The van der Waals surface area contributed by atoms with Crippen LogP contribution in [-0.2, 0) is 46.0 Å². The number of hydrogen-bond donors (Lipinski definition) is 2. The number of nitrogens with zero attached hydrogens (tertiary/aromatic N) is 3. The van der Waals surface area contributed by atoms with Crippen molar-refractivity contribution in [3.63, 3.8) is 0 Å². The zero-order valence-corrected chi connectivity index (χ0v) is 21.8. The van der Waals surface area contributed by atoms with Gasteiger partial charge in [0.15, 0.2) is 6.10 Å². The molecular formula is C27H21FN4O7S. The van der Waals surface area contributed by atoms with Gasteiger partial charge in [0.1, 0.15) is 12.4 Å². The molecule has 0 radical (unpaired) electrons. The minimum atomic E-state index is -1.60. The van der Waals surface area contributed by atoms with Gasteiger partial charge in [0.05, 0.1) is 50.7 Å². The first kappa shape index (κ1) is 25.9. The molecule has 0 saturated heterocycles. The Morgan fingerprint density at radius 1 is 1.23 bits per heavy atom. The summed E-state index contributed by atoms with van der Waals surface area (Å²) in [5.74, 6) is -1.21. The molecule has 2 unspecified atom stereocenters. The fourth-order valence-corrected chi connectivity index (χ4v) is 6.01. The molecule has 2 aliphatic heterocycles. The van der Waals surface area contributed by atoms with Gasteiger partial charge in [0.25, 0.3) is 11.2 Å². The van der Waals surface area contributed by atoms with Crippen molar-refractivity contribution in [2.75, 3.05) is 0 Å². The molecule has 4 aromatic rings. The number of carbonyl (C=O) groups is 1. The Hall–Kier alpha value is -4.33. The van der Waals surface area contributed by atoms with Crippen LogP contribution in [0.25, 0.3) is 22.3 Å². The Balaban J connectivity index is 1.39. The summed E-state index contributed by atoms with van der Waals surface area (Å²) in [4.78, 5) is 40.3. The molecule has 2 aromatic heterocycles. The zero-order valence-electron chi connectivity index (χ0n) is 21.0. The van der Waals surface area contributed by atoms with E-state index in [2.05, 4.69) is 9.71 Å². The predicted octanol–water partition coefficient (Wildman–Crippen LogP) is 2.82. The number of pyridine rings is 2. The van der Waals surface area contributed by atoms with Gasteiger partial charge in [-0.2, -0.15) is 0 Å². The van der Waals surface area contributed by atoms with Crippen molar-refractivity contribution in [2.24, 2.45) is 0 Å². The summed E-state index contributed by atoms with van der Waals surface area (Å²) in [7, 11) is -1.57. The van der Waals surface area contributed by atoms with Gasteiger partial charge < -0.3 is 14.4 Å². The SMILES string of the molecule is Cc1cc2c(CNS(=O)Cc3ccc([N+](=O)[O-])cc3)c3c(nc2cc1F)-c1cc2c(c(=O)n1C3)COC(=O)C2O. The molecule has 0 amide bonds. The van der Waals surface area contributed by atoms with E-state index in [4.69, 9.17) is 4.74 Å². The second-order valence-corrected chi connectivity index (χ2v) is 10.9.